The first kappa shape index (κ1) is 15.0. The van der Waals surface area contributed by atoms with Crippen molar-refractivity contribution in [2.24, 2.45) is 0 Å². The summed E-state index contributed by atoms with van der Waals surface area (Å²) in [4.78, 5) is 46.5. The van der Waals surface area contributed by atoms with Crippen LogP contribution in [0.3, 0.4) is 0 Å². The Kier molecular flexibility index (Phi) is 4.27. The minimum Gasteiger partial charge on any atom is -0.481 e. The SMILES string of the molecule is CN1C(=O)c2ccc(NC(=O)CSCC(=O)O)cc2C1=O. The Morgan fingerprint density at radius 2 is 1.86 bits per heavy atom. The van der Waals surface area contributed by atoms with Gasteiger partial charge in [-0.3, -0.25) is 24.1 Å². The maximum Gasteiger partial charge on any atom is 0.313 e. The third kappa shape index (κ3) is 3.22. The van der Waals surface area contributed by atoms with Crippen LogP contribution in [0.25, 0.3) is 0 Å². The van der Waals surface area contributed by atoms with Gasteiger partial charge in [-0.1, -0.05) is 0 Å². The molecule has 0 aliphatic carbocycles. The lowest BCUT2D eigenvalue weighted by molar-refractivity contribution is -0.133. The molecule has 1 aromatic carbocycles. The number of aliphatic carboxylic acids is 1. The zero-order valence-corrected chi connectivity index (χ0v) is 11.9. The molecule has 3 amide bonds. The van der Waals surface area contributed by atoms with E-state index in [0.717, 1.165) is 16.7 Å². The highest BCUT2D eigenvalue weighted by Crippen LogP contribution is 2.24. The summed E-state index contributed by atoms with van der Waals surface area (Å²) in [6.45, 7) is 0. The number of hydrogen-bond acceptors (Lipinski definition) is 5. The van der Waals surface area contributed by atoms with Crippen molar-refractivity contribution in [3.8, 4) is 0 Å². The quantitative estimate of drug-likeness (QED) is 0.775. The van der Waals surface area contributed by atoms with E-state index in [0.29, 0.717) is 11.3 Å². The minimum absolute atomic E-state index is 0.00381. The zero-order chi connectivity index (χ0) is 15.6. The standard InChI is InChI=1S/C13H12N2O5S/c1-15-12(19)8-3-2-7(4-9(8)13(15)20)14-10(16)5-21-6-11(17)18/h2-4H,5-6H2,1H3,(H,14,16)(H,17,18). The summed E-state index contributed by atoms with van der Waals surface area (Å²) in [6.07, 6.45) is 0. The Bertz CT molecular complexity index is 643. The first-order valence-corrected chi connectivity index (χ1v) is 7.11. The summed E-state index contributed by atoms with van der Waals surface area (Å²) < 4.78 is 0. The number of rotatable bonds is 5. The van der Waals surface area contributed by atoms with Crippen LogP contribution in [0.2, 0.25) is 0 Å². The summed E-state index contributed by atoms with van der Waals surface area (Å²) in [5.41, 5.74) is 0.949. The second-order valence-corrected chi connectivity index (χ2v) is 5.35. The number of imide groups is 1. The predicted octanol–water partition coefficient (Wildman–Crippen LogP) is 0.669. The van der Waals surface area contributed by atoms with Crippen LogP contribution in [0.15, 0.2) is 18.2 Å². The van der Waals surface area contributed by atoms with Crippen molar-refractivity contribution in [1.29, 1.82) is 0 Å². The van der Waals surface area contributed by atoms with Gasteiger partial charge in [0.15, 0.2) is 0 Å². The van der Waals surface area contributed by atoms with E-state index in [1.165, 1.54) is 25.2 Å². The fourth-order valence-corrected chi connectivity index (χ4v) is 2.40. The van der Waals surface area contributed by atoms with Gasteiger partial charge in [0.2, 0.25) is 5.91 Å². The van der Waals surface area contributed by atoms with E-state index in [1.54, 1.807) is 0 Å². The van der Waals surface area contributed by atoms with Crippen LogP contribution in [0.4, 0.5) is 5.69 Å². The predicted molar refractivity (Wildman–Crippen MR) is 76.5 cm³/mol. The van der Waals surface area contributed by atoms with Crippen molar-refractivity contribution >= 4 is 41.1 Å². The number of amides is 3. The molecule has 1 aliphatic rings. The molecule has 0 fully saturated rings. The molecule has 0 atom stereocenters. The maximum absolute atomic E-state index is 11.8. The van der Waals surface area contributed by atoms with Gasteiger partial charge in [0, 0.05) is 12.7 Å². The number of carboxylic acids is 1. The Morgan fingerprint density at radius 3 is 2.52 bits per heavy atom. The molecule has 1 aliphatic heterocycles. The lowest BCUT2D eigenvalue weighted by atomic mass is 10.1. The Hall–Kier alpha value is -2.35. The molecule has 0 spiro atoms. The number of benzene rings is 1. The van der Waals surface area contributed by atoms with Crippen molar-refractivity contribution in [3.63, 3.8) is 0 Å². The normalized spacial score (nSPS) is 13.3. The summed E-state index contributed by atoms with van der Waals surface area (Å²) in [7, 11) is 1.39. The van der Waals surface area contributed by atoms with Gasteiger partial charge in [-0.25, -0.2) is 0 Å². The monoisotopic (exact) mass is 308 g/mol. The molecule has 1 aromatic rings. The van der Waals surface area contributed by atoms with Crippen LogP contribution in [0.5, 0.6) is 0 Å². The van der Waals surface area contributed by atoms with Crippen molar-refractivity contribution in [2.45, 2.75) is 0 Å². The van der Waals surface area contributed by atoms with Crippen LogP contribution in [0.1, 0.15) is 20.7 Å². The molecule has 2 N–H and O–H groups in total. The van der Waals surface area contributed by atoms with Gasteiger partial charge in [0.1, 0.15) is 0 Å². The number of hydrogen-bond donors (Lipinski definition) is 2. The third-order valence-corrected chi connectivity index (χ3v) is 3.75. The Labute approximate surface area is 124 Å². The molecular formula is C13H12N2O5S. The number of fused-ring (bicyclic) bond motifs is 1. The topological polar surface area (TPSA) is 104 Å². The summed E-state index contributed by atoms with van der Waals surface area (Å²) in [5.74, 6) is -2.30. The second kappa shape index (κ2) is 5.96. The average molecular weight is 308 g/mol. The number of carbonyl (C=O) groups excluding carboxylic acids is 3. The first-order chi connectivity index (χ1) is 9.90. The van der Waals surface area contributed by atoms with Gasteiger partial charge in [-0.2, -0.15) is 0 Å². The molecule has 21 heavy (non-hydrogen) atoms. The van der Waals surface area contributed by atoms with Gasteiger partial charge in [-0.05, 0) is 18.2 Å². The molecule has 0 saturated heterocycles. The Morgan fingerprint density at radius 1 is 1.19 bits per heavy atom. The van der Waals surface area contributed by atoms with E-state index in [9.17, 15) is 19.2 Å². The van der Waals surface area contributed by atoms with E-state index in [-0.39, 0.29) is 28.9 Å². The molecule has 1 heterocycles. The third-order valence-electron chi connectivity index (χ3n) is 2.83. The zero-order valence-electron chi connectivity index (χ0n) is 11.1. The lowest BCUT2D eigenvalue weighted by Crippen LogP contribution is -2.24. The van der Waals surface area contributed by atoms with Crippen molar-refractivity contribution in [3.05, 3.63) is 29.3 Å². The van der Waals surface area contributed by atoms with Crippen LogP contribution in [-0.4, -0.2) is 52.3 Å². The molecule has 0 radical (unpaired) electrons. The van der Waals surface area contributed by atoms with E-state index >= 15 is 0 Å². The summed E-state index contributed by atoms with van der Waals surface area (Å²) in [5, 5.41) is 11.0. The Balaban J connectivity index is 2.04. The average Bonchev–Trinajstić information content (AvgIpc) is 2.63. The van der Waals surface area contributed by atoms with Crippen LogP contribution >= 0.6 is 11.8 Å². The molecule has 0 aromatic heterocycles. The van der Waals surface area contributed by atoms with E-state index < -0.39 is 11.9 Å². The highest BCUT2D eigenvalue weighted by atomic mass is 32.2. The van der Waals surface area contributed by atoms with E-state index in [4.69, 9.17) is 5.11 Å². The van der Waals surface area contributed by atoms with Crippen LogP contribution < -0.4 is 5.32 Å². The highest BCUT2D eigenvalue weighted by molar-refractivity contribution is 8.00. The molecule has 0 bridgehead atoms. The van der Waals surface area contributed by atoms with Gasteiger partial charge in [0.05, 0.1) is 22.6 Å². The number of nitrogens with one attached hydrogen (secondary N) is 1. The van der Waals surface area contributed by atoms with Crippen molar-refractivity contribution < 1.29 is 24.3 Å². The van der Waals surface area contributed by atoms with Crippen molar-refractivity contribution in [2.75, 3.05) is 23.9 Å². The molecule has 0 unspecified atom stereocenters. The fourth-order valence-electron chi connectivity index (χ4n) is 1.87. The van der Waals surface area contributed by atoms with Gasteiger partial charge < -0.3 is 10.4 Å². The summed E-state index contributed by atoms with van der Waals surface area (Å²) >= 11 is 0.975. The number of carboxylic acid groups (broad SMARTS) is 1. The first-order valence-electron chi connectivity index (χ1n) is 5.96. The van der Waals surface area contributed by atoms with Gasteiger partial charge in [-0.15, -0.1) is 11.8 Å². The number of carbonyl (C=O) groups is 4. The number of anilines is 1. The fraction of sp³-hybridized carbons (Fsp3) is 0.231. The maximum atomic E-state index is 11.8. The largest absolute Gasteiger partial charge is 0.481 e. The molecule has 8 heteroatoms. The molecule has 0 saturated carbocycles. The van der Waals surface area contributed by atoms with Gasteiger partial charge in [0.25, 0.3) is 11.8 Å². The van der Waals surface area contributed by atoms with E-state index in [1.807, 2.05) is 0 Å². The van der Waals surface area contributed by atoms with Crippen LogP contribution in [-0.2, 0) is 9.59 Å². The van der Waals surface area contributed by atoms with Gasteiger partial charge >= 0.3 is 5.97 Å². The number of nitrogens with zero attached hydrogens (tertiary/aromatic N) is 1. The molecule has 110 valence electrons. The van der Waals surface area contributed by atoms with Crippen molar-refractivity contribution in [1.82, 2.24) is 4.90 Å². The lowest BCUT2D eigenvalue weighted by Gasteiger charge is -2.05. The summed E-state index contributed by atoms with van der Waals surface area (Å²) in [6, 6.07) is 4.46. The van der Waals surface area contributed by atoms with E-state index in [2.05, 4.69) is 5.32 Å². The second-order valence-electron chi connectivity index (χ2n) is 4.36. The van der Waals surface area contributed by atoms with Crippen LogP contribution in [0, 0.1) is 0 Å². The molecule has 2 rings (SSSR count). The molecule has 7 nitrogen and oxygen atoms in total. The smallest absolute Gasteiger partial charge is 0.313 e. The number of thioether (sulfide) groups is 1. The highest BCUT2D eigenvalue weighted by Gasteiger charge is 2.32. The molecular weight excluding hydrogens is 296 g/mol. The minimum atomic E-state index is -0.988.